The van der Waals surface area contributed by atoms with Gasteiger partial charge in [0.2, 0.25) is 5.91 Å². The molecule has 1 aliphatic rings. The Hall–Kier alpha value is -4.39. The molecule has 0 fully saturated rings. The van der Waals surface area contributed by atoms with Gasteiger partial charge in [-0.3, -0.25) is 14.6 Å². The van der Waals surface area contributed by atoms with E-state index in [1.807, 2.05) is 35.2 Å². The highest BCUT2D eigenvalue weighted by molar-refractivity contribution is 5.91. The van der Waals surface area contributed by atoms with Crippen molar-refractivity contribution in [3.8, 4) is 5.75 Å². The van der Waals surface area contributed by atoms with Gasteiger partial charge in [0.25, 0.3) is 5.91 Å². The number of hydrogen-bond donors (Lipinski definition) is 1. The van der Waals surface area contributed by atoms with Gasteiger partial charge in [-0.1, -0.05) is 42.0 Å². The number of aryl methyl sites for hydroxylation is 1. The van der Waals surface area contributed by atoms with Crippen molar-refractivity contribution in [3.63, 3.8) is 0 Å². The van der Waals surface area contributed by atoms with Crippen LogP contribution in [0.1, 0.15) is 57.2 Å². The van der Waals surface area contributed by atoms with E-state index in [2.05, 4.69) is 47.6 Å². The molecule has 5 rings (SSSR count). The number of pyridine rings is 1. The van der Waals surface area contributed by atoms with Gasteiger partial charge in [0, 0.05) is 19.7 Å². The molecule has 0 radical (unpaired) electrons. The average Bonchev–Trinajstić information content (AvgIpc) is 3.40. The van der Waals surface area contributed by atoms with Gasteiger partial charge in [-0.2, -0.15) is 0 Å². The first-order valence-corrected chi connectivity index (χ1v) is 12.3. The number of hydrogen-bond acceptors (Lipinski definition) is 5. The lowest BCUT2D eigenvalue weighted by Gasteiger charge is -2.37. The van der Waals surface area contributed by atoms with E-state index in [1.54, 1.807) is 25.3 Å². The molecule has 2 aromatic heterocycles. The number of carbonyl (C=O) groups is 2. The van der Waals surface area contributed by atoms with E-state index in [1.165, 1.54) is 11.1 Å². The fraction of sp³-hybridized carbons (Fsp3) is 0.233. The summed E-state index contributed by atoms with van der Waals surface area (Å²) in [6.45, 7) is 4.85. The van der Waals surface area contributed by atoms with Gasteiger partial charge in [0.1, 0.15) is 18.1 Å². The first-order chi connectivity index (χ1) is 18.0. The fourth-order valence-electron chi connectivity index (χ4n) is 4.62. The molecule has 1 N–H and O–H groups in total. The lowest BCUT2D eigenvalue weighted by Crippen LogP contribution is -2.39. The summed E-state index contributed by atoms with van der Waals surface area (Å²) < 4.78 is 11.7. The topological polar surface area (TPSA) is 84.7 Å². The second kappa shape index (κ2) is 10.7. The van der Waals surface area contributed by atoms with Gasteiger partial charge in [-0.25, -0.2) is 0 Å². The summed E-state index contributed by atoms with van der Waals surface area (Å²) in [6.07, 6.45) is 2.48. The Labute approximate surface area is 216 Å². The summed E-state index contributed by atoms with van der Waals surface area (Å²) in [5.41, 5.74) is 5.29. The molecule has 0 bridgehead atoms. The lowest BCUT2D eigenvalue weighted by molar-refractivity contribution is -0.130. The molecule has 37 heavy (non-hydrogen) atoms. The van der Waals surface area contributed by atoms with Crippen LogP contribution < -0.4 is 10.1 Å². The number of nitrogens with zero attached hydrogens (tertiary/aromatic N) is 2. The molecule has 0 aliphatic carbocycles. The quantitative estimate of drug-likeness (QED) is 0.391. The van der Waals surface area contributed by atoms with Gasteiger partial charge in [0.15, 0.2) is 5.76 Å². The van der Waals surface area contributed by atoms with Gasteiger partial charge >= 0.3 is 0 Å². The number of nitrogens with one attached hydrogen (secondary N) is 1. The molecular weight excluding hydrogens is 466 g/mol. The first-order valence-electron chi connectivity index (χ1n) is 12.3. The predicted molar refractivity (Wildman–Crippen MR) is 139 cm³/mol. The van der Waals surface area contributed by atoms with Crippen molar-refractivity contribution < 1.29 is 18.7 Å². The van der Waals surface area contributed by atoms with Gasteiger partial charge in [0.05, 0.1) is 18.3 Å². The zero-order valence-electron chi connectivity index (χ0n) is 20.9. The summed E-state index contributed by atoms with van der Waals surface area (Å²) in [7, 11) is 0. The summed E-state index contributed by atoms with van der Waals surface area (Å²) in [5, 5.41) is 2.81. The highest BCUT2D eigenvalue weighted by Crippen LogP contribution is 2.37. The third kappa shape index (κ3) is 5.56. The van der Waals surface area contributed by atoms with Crippen LogP contribution in [-0.4, -0.2) is 28.2 Å². The highest BCUT2D eigenvalue weighted by Gasteiger charge is 2.30. The van der Waals surface area contributed by atoms with Crippen LogP contribution >= 0.6 is 0 Å². The first kappa shape index (κ1) is 24.3. The van der Waals surface area contributed by atoms with Crippen molar-refractivity contribution in [3.05, 3.63) is 118 Å². The van der Waals surface area contributed by atoms with Crippen LogP contribution in [0.25, 0.3) is 0 Å². The van der Waals surface area contributed by atoms with Crippen molar-refractivity contribution >= 4 is 11.8 Å². The fourth-order valence-corrected chi connectivity index (χ4v) is 4.62. The molecule has 7 heteroatoms. The maximum absolute atomic E-state index is 12.5. The Morgan fingerprint density at radius 2 is 1.92 bits per heavy atom. The minimum Gasteiger partial charge on any atom is -0.486 e. The van der Waals surface area contributed by atoms with Crippen molar-refractivity contribution in [1.82, 2.24) is 15.2 Å². The van der Waals surface area contributed by atoms with Crippen LogP contribution in [0.15, 0.2) is 83.4 Å². The maximum Gasteiger partial charge on any atom is 0.287 e. The molecule has 0 saturated heterocycles. The minimum absolute atomic E-state index is 0.0481. The molecule has 1 atom stereocenters. The summed E-state index contributed by atoms with van der Waals surface area (Å²) in [6, 6.07) is 23.1. The number of ether oxygens (including phenoxy) is 1. The van der Waals surface area contributed by atoms with Crippen LogP contribution in [0, 0.1) is 6.92 Å². The average molecular weight is 496 g/mol. The van der Waals surface area contributed by atoms with E-state index in [-0.39, 0.29) is 30.2 Å². The van der Waals surface area contributed by atoms with Crippen molar-refractivity contribution in [1.29, 1.82) is 0 Å². The Morgan fingerprint density at radius 1 is 1.08 bits per heavy atom. The molecular formula is C30H29N3O4. The summed E-state index contributed by atoms with van der Waals surface area (Å²) in [4.78, 5) is 31.0. The number of benzene rings is 2. The van der Waals surface area contributed by atoms with Crippen LogP contribution in [0.2, 0.25) is 0 Å². The van der Waals surface area contributed by atoms with E-state index in [9.17, 15) is 9.59 Å². The Morgan fingerprint density at radius 3 is 2.68 bits per heavy atom. The van der Waals surface area contributed by atoms with E-state index >= 15 is 0 Å². The van der Waals surface area contributed by atoms with Crippen molar-refractivity contribution in [2.75, 3.05) is 6.54 Å². The highest BCUT2D eigenvalue weighted by atomic mass is 16.5. The zero-order valence-corrected chi connectivity index (χ0v) is 20.9. The maximum atomic E-state index is 12.5. The molecule has 188 valence electrons. The largest absolute Gasteiger partial charge is 0.486 e. The zero-order chi connectivity index (χ0) is 25.8. The SMILES string of the molecule is CC(=O)N1CCc2ccc(OCc3ccc(C(=O)NCc4ccccn4)o3)cc2C1c1ccc(C)cc1. The molecule has 7 nitrogen and oxygen atoms in total. The Kier molecular flexibility index (Phi) is 7.03. The molecule has 2 aromatic carbocycles. The third-order valence-electron chi connectivity index (χ3n) is 6.57. The molecule has 0 saturated carbocycles. The van der Waals surface area contributed by atoms with Crippen LogP contribution in [0.3, 0.4) is 0 Å². The van der Waals surface area contributed by atoms with Crippen LogP contribution in [0.5, 0.6) is 5.75 Å². The van der Waals surface area contributed by atoms with E-state index in [4.69, 9.17) is 9.15 Å². The molecule has 3 heterocycles. The summed E-state index contributed by atoms with van der Waals surface area (Å²) in [5.74, 6) is 1.18. The number of aromatic nitrogens is 1. The second-order valence-corrected chi connectivity index (χ2v) is 9.19. The van der Waals surface area contributed by atoms with E-state index in [0.717, 1.165) is 23.2 Å². The van der Waals surface area contributed by atoms with E-state index < -0.39 is 0 Å². The molecule has 2 amide bonds. The lowest BCUT2D eigenvalue weighted by atomic mass is 9.87. The smallest absolute Gasteiger partial charge is 0.287 e. The second-order valence-electron chi connectivity index (χ2n) is 9.19. The van der Waals surface area contributed by atoms with Crippen LogP contribution in [0.4, 0.5) is 0 Å². The number of furan rings is 1. The summed E-state index contributed by atoms with van der Waals surface area (Å²) >= 11 is 0. The minimum atomic E-state index is -0.309. The van der Waals surface area contributed by atoms with Gasteiger partial charge in [-0.15, -0.1) is 0 Å². The van der Waals surface area contributed by atoms with Gasteiger partial charge in [-0.05, 0) is 66.4 Å². The monoisotopic (exact) mass is 495 g/mol. The van der Waals surface area contributed by atoms with E-state index in [0.29, 0.717) is 24.6 Å². The van der Waals surface area contributed by atoms with Gasteiger partial charge < -0.3 is 19.4 Å². The number of rotatable bonds is 7. The number of fused-ring (bicyclic) bond motifs is 1. The van der Waals surface area contributed by atoms with Crippen molar-refractivity contribution in [2.45, 2.75) is 39.5 Å². The normalized spacial score (nSPS) is 14.6. The third-order valence-corrected chi connectivity index (χ3v) is 6.57. The number of amides is 2. The molecule has 1 unspecified atom stereocenters. The molecule has 4 aromatic rings. The molecule has 0 spiro atoms. The predicted octanol–water partition coefficient (Wildman–Crippen LogP) is 4.99. The standard InChI is InChI=1S/C30H29N3O4/c1-20-6-8-23(9-7-20)29-27-17-25(11-10-22(27)14-16-33(29)21(2)34)36-19-26-12-13-28(37-26)30(35)32-18-24-5-3-4-15-31-24/h3-13,15,17,29H,14,16,18-19H2,1-2H3,(H,32,35). The van der Waals surface area contributed by atoms with Crippen molar-refractivity contribution in [2.24, 2.45) is 0 Å². The van der Waals surface area contributed by atoms with Crippen LogP contribution in [-0.2, 0) is 24.4 Å². The molecule has 1 aliphatic heterocycles. The number of carbonyl (C=O) groups excluding carboxylic acids is 2. The Balaban J connectivity index is 1.29. The Bertz CT molecular complexity index is 1400.